The lowest BCUT2D eigenvalue weighted by Crippen LogP contribution is -2.41. The molecule has 0 aromatic rings. The summed E-state index contributed by atoms with van der Waals surface area (Å²) in [7, 11) is 0. The summed E-state index contributed by atoms with van der Waals surface area (Å²) < 4.78 is 0. The van der Waals surface area contributed by atoms with Gasteiger partial charge in [0.1, 0.15) is 0 Å². The summed E-state index contributed by atoms with van der Waals surface area (Å²) in [5.74, 6) is 2.18. The van der Waals surface area contributed by atoms with Crippen molar-refractivity contribution >= 4 is 5.91 Å². The van der Waals surface area contributed by atoms with E-state index in [0.29, 0.717) is 17.9 Å². The lowest BCUT2D eigenvalue weighted by molar-refractivity contribution is -0.127. The Hall–Kier alpha value is -0.570. The average Bonchev–Trinajstić information content (AvgIpc) is 3.12. The second kappa shape index (κ2) is 3.78. The van der Waals surface area contributed by atoms with Crippen molar-refractivity contribution in [2.75, 3.05) is 13.1 Å². The standard InChI is InChI=1S/C12H20N2O/c15-12(14-10-5-6-13-7-10)11(8-1-2-8)9-3-4-9/h8-11,13H,1-7H2,(H,14,15). The molecular weight excluding hydrogens is 188 g/mol. The van der Waals surface area contributed by atoms with Gasteiger partial charge >= 0.3 is 0 Å². The molecule has 3 heteroatoms. The smallest absolute Gasteiger partial charge is 0.223 e. The Bertz CT molecular complexity index is 240. The molecule has 2 saturated carbocycles. The second-order valence-electron chi connectivity index (χ2n) is 5.40. The van der Waals surface area contributed by atoms with Crippen LogP contribution < -0.4 is 10.6 Å². The molecule has 1 atom stereocenters. The lowest BCUT2D eigenvalue weighted by Gasteiger charge is -2.18. The Kier molecular flexibility index (Phi) is 2.43. The topological polar surface area (TPSA) is 41.1 Å². The molecule has 0 spiro atoms. The number of carbonyl (C=O) groups is 1. The summed E-state index contributed by atoms with van der Waals surface area (Å²) in [6.45, 7) is 2.02. The number of nitrogens with one attached hydrogen (secondary N) is 2. The van der Waals surface area contributed by atoms with E-state index >= 15 is 0 Å². The quantitative estimate of drug-likeness (QED) is 0.720. The molecule has 0 radical (unpaired) electrons. The minimum absolute atomic E-state index is 0.355. The van der Waals surface area contributed by atoms with Crippen molar-refractivity contribution in [3.05, 3.63) is 0 Å². The second-order valence-corrected chi connectivity index (χ2v) is 5.40. The van der Waals surface area contributed by atoms with Crippen molar-refractivity contribution in [1.29, 1.82) is 0 Å². The van der Waals surface area contributed by atoms with Crippen LogP contribution in [0.1, 0.15) is 32.1 Å². The van der Waals surface area contributed by atoms with Crippen molar-refractivity contribution in [2.45, 2.75) is 38.1 Å². The van der Waals surface area contributed by atoms with Gasteiger partial charge in [0.2, 0.25) is 5.91 Å². The Balaban J connectivity index is 1.56. The van der Waals surface area contributed by atoms with Crippen LogP contribution in [-0.4, -0.2) is 25.0 Å². The van der Waals surface area contributed by atoms with E-state index in [1.54, 1.807) is 0 Å². The minimum Gasteiger partial charge on any atom is -0.352 e. The molecular formula is C12H20N2O. The van der Waals surface area contributed by atoms with Crippen LogP contribution in [0.3, 0.4) is 0 Å². The van der Waals surface area contributed by atoms with Crippen LogP contribution in [0.2, 0.25) is 0 Å². The zero-order chi connectivity index (χ0) is 10.3. The molecule has 1 heterocycles. The highest BCUT2D eigenvalue weighted by atomic mass is 16.2. The Morgan fingerprint density at radius 1 is 1.13 bits per heavy atom. The van der Waals surface area contributed by atoms with Crippen LogP contribution in [0.4, 0.5) is 0 Å². The maximum atomic E-state index is 12.1. The summed E-state index contributed by atoms with van der Waals surface area (Å²) in [4.78, 5) is 12.1. The van der Waals surface area contributed by atoms with Crippen molar-refractivity contribution in [3.8, 4) is 0 Å². The van der Waals surface area contributed by atoms with E-state index in [0.717, 1.165) is 31.3 Å². The van der Waals surface area contributed by atoms with E-state index in [1.165, 1.54) is 25.7 Å². The van der Waals surface area contributed by atoms with Gasteiger partial charge in [0.05, 0.1) is 0 Å². The highest BCUT2D eigenvalue weighted by molar-refractivity contribution is 5.80. The van der Waals surface area contributed by atoms with E-state index in [9.17, 15) is 4.79 Å². The Morgan fingerprint density at radius 3 is 2.27 bits per heavy atom. The normalized spacial score (nSPS) is 30.9. The molecule has 1 amide bonds. The third-order valence-electron chi connectivity index (χ3n) is 3.97. The predicted molar refractivity (Wildman–Crippen MR) is 58.4 cm³/mol. The molecule has 3 aliphatic rings. The van der Waals surface area contributed by atoms with E-state index in [4.69, 9.17) is 0 Å². The number of rotatable bonds is 4. The first kappa shape index (κ1) is 9.64. The third-order valence-corrected chi connectivity index (χ3v) is 3.97. The van der Waals surface area contributed by atoms with Gasteiger partial charge in [-0.15, -0.1) is 0 Å². The molecule has 0 bridgehead atoms. The zero-order valence-electron chi connectivity index (χ0n) is 9.17. The highest BCUT2D eigenvalue weighted by Crippen LogP contribution is 2.49. The first-order valence-electron chi connectivity index (χ1n) is 6.35. The Labute approximate surface area is 91.0 Å². The molecule has 3 rings (SSSR count). The van der Waals surface area contributed by atoms with Gasteiger partial charge in [-0.3, -0.25) is 4.79 Å². The van der Waals surface area contributed by atoms with Crippen LogP contribution in [0, 0.1) is 17.8 Å². The summed E-state index contributed by atoms with van der Waals surface area (Å²) in [6.07, 6.45) is 6.26. The molecule has 3 fully saturated rings. The van der Waals surface area contributed by atoms with E-state index < -0.39 is 0 Å². The third kappa shape index (κ3) is 2.17. The summed E-state index contributed by atoms with van der Waals surface area (Å²) in [6, 6.07) is 0.400. The van der Waals surface area contributed by atoms with Crippen LogP contribution in [-0.2, 0) is 4.79 Å². The van der Waals surface area contributed by atoms with Gasteiger partial charge in [-0.1, -0.05) is 0 Å². The van der Waals surface area contributed by atoms with Crippen molar-refractivity contribution in [1.82, 2.24) is 10.6 Å². The SMILES string of the molecule is O=C(NC1CCNC1)C(C1CC1)C1CC1. The summed E-state index contributed by atoms with van der Waals surface area (Å²) in [5.41, 5.74) is 0. The van der Waals surface area contributed by atoms with Gasteiger partial charge in [0.15, 0.2) is 0 Å². The average molecular weight is 208 g/mol. The van der Waals surface area contributed by atoms with Gasteiger partial charge in [-0.25, -0.2) is 0 Å². The number of amides is 1. The van der Waals surface area contributed by atoms with Gasteiger partial charge in [0.25, 0.3) is 0 Å². The molecule has 1 aliphatic heterocycles. The van der Waals surface area contributed by atoms with Gasteiger partial charge in [-0.05, 0) is 50.5 Å². The highest BCUT2D eigenvalue weighted by Gasteiger charge is 2.45. The summed E-state index contributed by atoms with van der Waals surface area (Å²) in [5, 5.41) is 6.51. The van der Waals surface area contributed by atoms with Crippen LogP contribution >= 0.6 is 0 Å². The molecule has 0 aromatic carbocycles. The number of hydrogen-bond acceptors (Lipinski definition) is 2. The fraction of sp³-hybridized carbons (Fsp3) is 0.917. The van der Waals surface area contributed by atoms with E-state index in [2.05, 4.69) is 10.6 Å². The summed E-state index contributed by atoms with van der Waals surface area (Å²) >= 11 is 0. The van der Waals surface area contributed by atoms with E-state index in [1.807, 2.05) is 0 Å². The van der Waals surface area contributed by atoms with Crippen molar-refractivity contribution < 1.29 is 4.79 Å². The van der Waals surface area contributed by atoms with Crippen molar-refractivity contribution in [3.63, 3.8) is 0 Å². The fourth-order valence-corrected chi connectivity index (χ4v) is 2.80. The lowest BCUT2D eigenvalue weighted by atomic mass is 9.96. The number of hydrogen-bond donors (Lipinski definition) is 2. The molecule has 15 heavy (non-hydrogen) atoms. The van der Waals surface area contributed by atoms with Crippen LogP contribution in [0.25, 0.3) is 0 Å². The zero-order valence-corrected chi connectivity index (χ0v) is 9.17. The fourth-order valence-electron chi connectivity index (χ4n) is 2.80. The monoisotopic (exact) mass is 208 g/mol. The van der Waals surface area contributed by atoms with Crippen LogP contribution in [0.5, 0.6) is 0 Å². The molecule has 0 aromatic heterocycles. The molecule has 1 unspecified atom stereocenters. The maximum Gasteiger partial charge on any atom is 0.223 e. The first-order chi connectivity index (χ1) is 7.34. The number of carbonyl (C=O) groups excluding carboxylic acids is 1. The van der Waals surface area contributed by atoms with Crippen LogP contribution in [0.15, 0.2) is 0 Å². The predicted octanol–water partition coefficient (Wildman–Crippen LogP) is 0.901. The Morgan fingerprint density at radius 2 is 1.80 bits per heavy atom. The molecule has 2 aliphatic carbocycles. The molecule has 1 saturated heterocycles. The van der Waals surface area contributed by atoms with Gasteiger partial charge in [0, 0.05) is 18.5 Å². The minimum atomic E-state index is 0.355. The molecule has 2 N–H and O–H groups in total. The first-order valence-corrected chi connectivity index (χ1v) is 6.35. The van der Waals surface area contributed by atoms with Gasteiger partial charge in [-0.2, -0.15) is 0 Å². The van der Waals surface area contributed by atoms with E-state index in [-0.39, 0.29) is 0 Å². The van der Waals surface area contributed by atoms with Gasteiger partial charge < -0.3 is 10.6 Å². The van der Waals surface area contributed by atoms with Crippen molar-refractivity contribution in [2.24, 2.45) is 17.8 Å². The molecule has 84 valence electrons. The maximum absolute atomic E-state index is 12.1. The largest absolute Gasteiger partial charge is 0.352 e. The molecule has 3 nitrogen and oxygen atoms in total.